The summed E-state index contributed by atoms with van der Waals surface area (Å²) < 4.78 is 6.80. The van der Waals surface area contributed by atoms with Crippen LogP contribution >= 0.6 is 0 Å². The van der Waals surface area contributed by atoms with E-state index in [1.807, 2.05) is 42.6 Å². The first-order valence-corrected chi connectivity index (χ1v) is 7.70. The molecule has 3 heterocycles. The largest absolute Gasteiger partial charge is 0.481 e. The van der Waals surface area contributed by atoms with Gasteiger partial charge in [-0.05, 0) is 29.8 Å². The van der Waals surface area contributed by atoms with Gasteiger partial charge in [-0.1, -0.05) is 12.1 Å². The number of benzene rings is 1. The van der Waals surface area contributed by atoms with Gasteiger partial charge in [-0.15, -0.1) is 0 Å². The van der Waals surface area contributed by atoms with Crippen molar-refractivity contribution < 1.29 is 4.74 Å². The quantitative estimate of drug-likeness (QED) is 0.558. The van der Waals surface area contributed by atoms with E-state index in [1.54, 1.807) is 30.1 Å². The highest BCUT2D eigenvalue weighted by Crippen LogP contribution is 2.25. The normalized spacial score (nSPS) is 10.8. The molecule has 0 amide bonds. The van der Waals surface area contributed by atoms with Crippen molar-refractivity contribution in [2.24, 2.45) is 0 Å². The van der Waals surface area contributed by atoms with Crippen molar-refractivity contribution in [1.29, 1.82) is 0 Å². The number of hydrogen-bond donors (Lipinski definition) is 2. The van der Waals surface area contributed by atoms with Crippen molar-refractivity contribution in [3.63, 3.8) is 0 Å². The number of pyridine rings is 1. The number of hydrogen-bond acceptors (Lipinski definition) is 6. The van der Waals surface area contributed by atoms with Gasteiger partial charge >= 0.3 is 0 Å². The SMILES string of the molecule is COc1ccc(Nc2ccn3ncc(-c4ccc(N)cc4)c3n2)cn1. The second-order valence-electron chi connectivity index (χ2n) is 5.48. The Bertz CT molecular complexity index is 1010. The molecular weight excluding hydrogens is 316 g/mol. The molecule has 0 atom stereocenters. The van der Waals surface area contributed by atoms with Gasteiger partial charge in [0.15, 0.2) is 5.65 Å². The Morgan fingerprint density at radius 2 is 1.88 bits per heavy atom. The Kier molecular flexibility index (Phi) is 3.66. The number of rotatable bonds is 4. The number of ether oxygens (including phenoxy) is 1. The molecule has 0 aliphatic rings. The Hall–Kier alpha value is -3.61. The predicted octanol–water partition coefficient (Wildman–Crippen LogP) is 3.13. The molecule has 0 aliphatic heterocycles. The maximum Gasteiger partial charge on any atom is 0.213 e. The lowest BCUT2D eigenvalue weighted by atomic mass is 10.1. The Balaban J connectivity index is 1.68. The fourth-order valence-electron chi connectivity index (χ4n) is 2.53. The second-order valence-corrected chi connectivity index (χ2v) is 5.48. The number of nitrogens with two attached hydrogens (primary N) is 1. The molecular formula is C18H16N6O. The smallest absolute Gasteiger partial charge is 0.213 e. The zero-order valence-electron chi connectivity index (χ0n) is 13.5. The average molecular weight is 332 g/mol. The molecule has 3 aromatic heterocycles. The number of anilines is 3. The number of nitrogens with zero attached hydrogens (tertiary/aromatic N) is 4. The summed E-state index contributed by atoms with van der Waals surface area (Å²) in [6.45, 7) is 0. The van der Waals surface area contributed by atoms with Crippen LogP contribution in [0.3, 0.4) is 0 Å². The lowest BCUT2D eigenvalue weighted by Gasteiger charge is -2.07. The molecule has 0 unspecified atom stereocenters. The van der Waals surface area contributed by atoms with Crippen molar-refractivity contribution in [1.82, 2.24) is 19.6 Å². The third-order valence-electron chi connectivity index (χ3n) is 3.81. The van der Waals surface area contributed by atoms with Crippen LogP contribution in [0, 0.1) is 0 Å². The van der Waals surface area contributed by atoms with E-state index in [4.69, 9.17) is 10.5 Å². The summed E-state index contributed by atoms with van der Waals surface area (Å²) in [5.74, 6) is 1.27. The van der Waals surface area contributed by atoms with Crippen LogP contribution in [0.2, 0.25) is 0 Å². The minimum Gasteiger partial charge on any atom is -0.481 e. The Morgan fingerprint density at radius 1 is 1.04 bits per heavy atom. The molecule has 7 nitrogen and oxygen atoms in total. The molecule has 7 heteroatoms. The van der Waals surface area contributed by atoms with E-state index in [2.05, 4.69) is 20.4 Å². The van der Waals surface area contributed by atoms with Crippen molar-refractivity contribution in [2.75, 3.05) is 18.2 Å². The van der Waals surface area contributed by atoms with Gasteiger partial charge in [0.05, 0.1) is 25.2 Å². The molecule has 0 saturated carbocycles. The molecule has 4 rings (SSSR count). The van der Waals surface area contributed by atoms with Gasteiger partial charge in [0.2, 0.25) is 5.88 Å². The van der Waals surface area contributed by atoms with Gasteiger partial charge in [0.1, 0.15) is 5.82 Å². The van der Waals surface area contributed by atoms with Crippen LogP contribution in [-0.4, -0.2) is 26.7 Å². The van der Waals surface area contributed by atoms with Gasteiger partial charge < -0.3 is 15.8 Å². The maximum atomic E-state index is 5.76. The molecule has 0 bridgehead atoms. The summed E-state index contributed by atoms with van der Waals surface area (Å²) in [4.78, 5) is 8.85. The number of methoxy groups -OCH3 is 1. The highest BCUT2D eigenvalue weighted by atomic mass is 16.5. The van der Waals surface area contributed by atoms with Crippen LogP contribution in [0.1, 0.15) is 0 Å². The summed E-state index contributed by atoms with van der Waals surface area (Å²) in [7, 11) is 1.59. The van der Waals surface area contributed by atoms with Gasteiger partial charge in [-0.2, -0.15) is 5.10 Å². The molecule has 25 heavy (non-hydrogen) atoms. The molecule has 0 aliphatic carbocycles. The standard InChI is InChI=1S/C18H16N6O/c1-25-17-7-6-14(10-20-17)22-16-8-9-24-18(23-16)15(11-21-24)12-2-4-13(19)5-3-12/h2-11H,19H2,1H3,(H,22,23). The first-order valence-electron chi connectivity index (χ1n) is 7.70. The average Bonchev–Trinajstić information content (AvgIpc) is 3.06. The number of nitrogen functional groups attached to an aromatic ring is 1. The molecule has 0 radical (unpaired) electrons. The van der Waals surface area contributed by atoms with E-state index in [1.165, 1.54) is 0 Å². The van der Waals surface area contributed by atoms with Crippen LogP contribution in [0.25, 0.3) is 16.8 Å². The summed E-state index contributed by atoms with van der Waals surface area (Å²) in [5.41, 5.74) is 10.0. The number of nitrogens with one attached hydrogen (secondary N) is 1. The van der Waals surface area contributed by atoms with Crippen LogP contribution in [0.5, 0.6) is 5.88 Å². The Labute approximate surface area is 144 Å². The molecule has 1 aromatic carbocycles. The van der Waals surface area contributed by atoms with Gasteiger partial charge in [0, 0.05) is 23.5 Å². The highest BCUT2D eigenvalue weighted by Gasteiger charge is 2.09. The van der Waals surface area contributed by atoms with E-state index >= 15 is 0 Å². The van der Waals surface area contributed by atoms with Crippen molar-refractivity contribution >= 4 is 22.8 Å². The van der Waals surface area contributed by atoms with E-state index < -0.39 is 0 Å². The second kappa shape index (κ2) is 6.12. The third-order valence-corrected chi connectivity index (χ3v) is 3.81. The summed E-state index contributed by atoms with van der Waals surface area (Å²) in [6, 6.07) is 13.2. The lowest BCUT2D eigenvalue weighted by molar-refractivity contribution is 0.398. The number of fused-ring (bicyclic) bond motifs is 1. The first kappa shape index (κ1) is 14.9. The molecule has 4 aromatic rings. The van der Waals surface area contributed by atoms with E-state index in [-0.39, 0.29) is 0 Å². The van der Waals surface area contributed by atoms with Gasteiger partial charge in [-0.25, -0.2) is 14.5 Å². The predicted molar refractivity (Wildman–Crippen MR) is 96.9 cm³/mol. The van der Waals surface area contributed by atoms with E-state index in [0.29, 0.717) is 11.7 Å². The molecule has 124 valence electrons. The van der Waals surface area contributed by atoms with Gasteiger partial charge in [-0.3, -0.25) is 0 Å². The zero-order chi connectivity index (χ0) is 17.2. The van der Waals surface area contributed by atoms with Crippen LogP contribution in [-0.2, 0) is 0 Å². The monoisotopic (exact) mass is 332 g/mol. The highest BCUT2D eigenvalue weighted by molar-refractivity contribution is 5.78. The molecule has 3 N–H and O–H groups in total. The van der Waals surface area contributed by atoms with Crippen molar-refractivity contribution in [3.05, 3.63) is 61.1 Å². The molecule has 0 spiro atoms. The first-order chi connectivity index (χ1) is 12.2. The lowest BCUT2D eigenvalue weighted by Crippen LogP contribution is -1.98. The van der Waals surface area contributed by atoms with E-state index in [0.717, 1.165) is 28.1 Å². The number of aromatic nitrogens is 4. The molecule has 0 fully saturated rings. The fourth-order valence-corrected chi connectivity index (χ4v) is 2.53. The van der Waals surface area contributed by atoms with Crippen LogP contribution in [0.4, 0.5) is 17.2 Å². The third kappa shape index (κ3) is 2.94. The van der Waals surface area contributed by atoms with Crippen LogP contribution < -0.4 is 15.8 Å². The van der Waals surface area contributed by atoms with Crippen molar-refractivity contribution in [3.8, 4) is 17.0 Å². The minimum absolute atomic E-state index is 0.565. The minimum atomic E-state index is 0.565. The zero-order valence-corrected chi connectivity index (χ0v) is 13.5. The maximum absolute atomic E-state index is 5.76. The van der Waals surface area contributed by atoms with Gasteiger partial charge in [0.25, 0.3) is 0 Å². The Morgan fingerprint density at radius 3 is 2.60 bits per heavy atom. The molecule has 0 saturated heterocycles. The summed E-state index contributed by atoms with van der Waals surface area (Å²) in [5, 5.41) is 7.59. The summed E-state index contributed by atoms with van der Waals surface area (Å²) >= 11 is 0. The van der Waals surface area contributed by atoms with Crippen LogP contribution in [0.15, 0.2) is 61.1 Å². The topological polar surface area (TPSA) is 90.4 Å². The summed E-state index contributed by atoms with van der Waals surface area (Å²) in [6.07, 6.45) is 5.36. The van der Waals surface area contributed by atoms with E-state index in [9.17, 15) is 0 Å². The van der Waals surface area contributed by atoms with Crippen molar-refractivity contribution in [2.45, 2.75) is 0 Å². The fraction of sp³-hybridized carbons (Fsp3) is 0.0556.